The van der Waals surface area contributed by atoms with Crippen LogP contribution in [0, 0.1) is 11.3 Å². The zero-order valence-electron chi connectivity index (χ0n) is 15.1. The number of benzene rings is 1. The number of carbonyl (C=O) groups excluding carboxylic acids is 1. The second kappa shape index (κ2) is 8.35. The summed E-state index contributed by atoms with van der Waals surface area (Å²) in [7, 11) is 0. The highest BCUT2D eigenvalue weighted by Crippen LogP contribution is 2.35. The second-order valence-corrected chi connectivity index (χ2v) is 7.51. The Labute approximate surface area is 158 Å². The average molecular weight is 369 g/mol. The number of anilines is 1. The maximum atomic E-state index is 12.5. The Hall–Kier alpha value is -2.36. The smallest absolute Gasteiger partial charge is 0.225 e. The van der Waals surface area contributed by atoms with Crippen LogP contribution in [0.25, 0.3) is 0 Å². The van der Waals surface area contributed by atoms with E-state index >= 15 is 0 Å². The van der Waals surface area contributed by atoms with Crippen LogP contribution in [0.5, 0.6) is 5.75 Å². The van der Waals surface area contributed by atoms with Crippen LogP contribution in [-0.2, 0) is 17.8 Å². The van der Waals surface area contributed by atoms with Gasteiger partial charge >= 0.3 is 0 Å². The molecule has 136 valence electrons. The van der Waals surface area contributed by atoms with Gasteiger partial charge in [0.15, 0.2) is 0 Å². The fourth-order valence-electron chi connectivity index (χ4n) is 3.19. The number of nitriles is 1. The average Bonchev–Trinajstić information content (AvgIpc) is 2.98. The monoisotopic (exact) mass is 369 g/mol. The Kier molecular flexibility index (Phi) is 5.92. The van der Waals surface area contributed by atoms with Gasteiger partial charge in [0.1, 0.15) is 16.8 Å². The molecule has 0 radical (unpaired) electrons. The van der Waals surface area contributed by atoms with E-state index in [1.54, 1.807) is 0 Å². The van der Waals surface area contributed by atoms with Gasteiger partial charge in [0.25, 0.3) is 0 Å². The first-order chi connectivity index (χ1) is 12.6. The lowest BCUT2D eigenvalue weighted by molar-refractivity contribution is -0.116. The topological polar surface area (TPSA) is 74.1 Å². The van der Waals surface area contributed by atoms with Crippen LogP contribution < -0.4 is 15.4 Å². The van der Waals surface area contributed by atoms with Gasteiger partial charge in [-0.3, -0.25) is 4.79 Å². The lowest BCUT2D eigenvalue weighted by Gasteiger charge is -2.13. The van der Waals surface area contributed by atoms with Crippen molar-refractivity contribution in [1.29, 1.82) is 5.26 Å². The first kappa shape index (κ1) is 18.4. The SMILES string of the molecule is CCOc1cccc(C(C)CC(=O)Nc2sc3c(c2C#N)CCNC3)c1. The number of nitrogens with one attached hydrogen (secondary N) is 2. The number of ether oxygens (including phenoxy) is 1. The van der Waals surface area contributed by atoms with Crippen LogP contribution in [0.4, 0.5) is 5.00 Å². The molecule has 26 heavy (non-hydrogen) atoms. The van der Waals surface area contributed by atoms with Crippen molar-refractivity contribution in [3.8, 4) is 11.8 Å². The molecular formula is C20H23N3O2S. The van der Waals surface area contributed by atoms with Gasteiger partial charge in [0.2, 0.25) is 5.91 Å². The minimum Gasteiger partial charge on any atom is -0.494 e. The van der Waals surface area contributed by atoms with Gasteiger partial charge in [0.05, 0.1) is 12.2 Å². The summed E-state index contributed by atoms with van der Waals surface area (Å²) < 4.78 is 5.53. The first-order valence-corrected chi connectivity index (χ1v) is 9.72. The number of thiophene rings is 1. The van der Waals surface area contributed by atoms with Crippen LogP contribution in [0.2, 0.25) is 0 Å². The van der Waals surface area contributed by atoms with E-state index in [0.717, 1.165) is 41.3 Å². The van der Waals surface area contributed by atoms with Gasteiger partial charge in [-0.05, 0) is 49.1 Å². The largest absolute Gasteiger partial charge is 0.494 e. The quantitative estimate of drug-likeness (QED) is 0.812. The van der Waals surface area contributed by atoms with Crippen LogP contribution >= 0.6 is 11.3 Å². The highest BCUT2D eigenvalue weighted by Gasteiger charge is 2.22. The molecule has 5 nitrogen and oxygen atoms in total. The van der Waals surface area contributed by atoms with Crippen molar-refractivity contribution in [2.45, 2.75) is 39.2 Å². The lowest BCUT2D eigenvalue weighted by Crippen LogP contribution is -2.22. The Balaban J connectivity index is 1.68. The summed E-state index contributed by atoms with van der Waals surface area (Å²) in [6.45, 7) is 6.24. The van der Waals surface area contributed by atoms with Crippen molar-refractivity contribution >= 4 is 22.2 Å². The molecule has 0 aliphatic carbocycles. The normalized spacial score (nSPS) is 14.2. The molecule has 1 unspecified atom stereocenters. The van der Waals surface area contributed by atoms with Crippen molar-refractivity contribution < 1.29 is 9.53 Å². The molecule has 0 saturated carbocycles. The van der Waals surface area contributed by atoms with Crippen LogP contribution in [0.15, 0.2) is 24.3 Å². The van der Waals surface area contributed by atoms with E-state index in [4.69, 9.17) is 4.74 Å². The number of nitrogens with zero attached hydrogens (tertiary/aromatic N) is 1. The molecule has 6 heteroatoms. The zero-order chi connectivity index (χ0) is 18.5. The number of hydrogen-bond acceptors (Lipinski definition) is 5. The Morgan fingerprint density at radius 3 is 3.12 bits per heavy atom. The molecule has 2 aromatic rings. The molecule has 0 bridgehead atoms. The molecule has 0 fully saturated rings. The third-order valence-electron chi connectivity index (χ3n) is 4.52. The molecule has 2 N–H and O–H groups in total. The highest BCUT2D eigenvalue weighted by atomic mass is 32.1. The summed E-state index contributed by atoms with van der Waals surface area (Å²) in [5.41, 5.74) is 2.79. The maximum Gasteiger partial charge on any atom is 0.225 e. The summed E-state index contributed by atoms with van der Waals surface area (Å²) in [5.74, 6) is 0.821. The van der Waals surface area contributed by atoms with Crippen molar-refractivity contribution in [2.75, 3.05) is 18.5 Å². The minimum absolute atomic E-state index is 0.0668. The van der Waals surface area contributed by atoms with Crippen LogP contribution in [0.3, 0.4) is 0 Å². The molecule has 0 spiro atoms. The highest BCUT2D eigenvalue weighted by molar-refractivity contribution is 7.16. The molecule has 1 aromatic carbocycles. The molecule has 3 rings (SSSR count). The van der Waals surface area contributed by atoms with E-state index in [1.165, 1.54) is 11.3 Å². The molecule has 1 amide bonds. The standard InChI is InChI=1S/C20H23N3O2S/c1-3-25-15-6-4-5-14(10-15)13(2)9-19(24)23-20-17(11-21)16-7-8-22-12-18(16)26-20/h4-6,10,13,22H,3,7-9,12H2,1-2H3,(H,23,24). The number of hydrogen-bond donors (Lipinski definition) is 2. The fraction of sp³-hybridized carbons (Fsp3) is 0.400. The van der Waals surface area contributed by atoms with Gasteiger partial charge in [0, 0.05) is 17.8 Å². The van der Waals surface area contributed by atoms with Crippen LogP contribution in [0.1, 0.15) is 47.8 Å². The van der Waals surface area contributed by atoms with E-state index < -0.39 is 0 Å². The van der Waals surface area contributed by atoms with Gasteiger partial charge in [-0.1, -0.05) is 19.1 Å². The molecule has 1 atom stereocenters. The zero-order valence-corrected chi connectivity index (χ0v) is 15.9. The summed E-state index contributed by atoms with van der Waals surface area (Å²) in [4.78, 5) is 13.7. The number of carbonyl (C=O) groups is 1. The van der Waals surface area contributed by atoms with E-state index in [-0.39, 0.29) is 11.8 Å². The third kappa shape index (κ3) is 4.06. The molecule has 2 heterocycles. The van der Waals surface area contributed by atoms with E-state index in [2.05, 4.69) is 16.7 Å². The van der Waals surface area contributed by atoms with Gasteiger partial charge in [-0.2, -0.15) is 5.26 Å². The van der Waals surface area contributed by atoms with Crippen LogP contribution in [-0.4, -0.2) is 19.1 Å². The minimum atomic E-state index is -0.0673. The Bertz CT molecular complexity index is 838. The van der Waals surface area contributed by atoms with Gasteiger partial charge < -0.3 is 15.4 Å². The maximum absolute atomic E-state index is 12.5. The third-order valence-corrected chi connectivity index (χ3v) is 5.67. The van der Waals surface area contributed by atoms with Crippen molar-refractivity contribution in [1.82, 2.24) is 5.32 Å². The van der Waals surface area contributed by atoms with Crippen molar-refractivity contribution in [2.24, 2.45) is 0 Å². The first-order valence-electron chi connectivity index (χ1n) is 8.90. The van der Waals surface area contributed by atoms with Gasteiger partial charge in [-0.25, -0.2) is 0 Å². The summed E-state index contributed by atoms with van der Waals surface area (Å²) >= 11 is 1.51. The molecule has 1 aliphatic heterocycles. The summed E-state index contributed by atoms with van der Waals surface area (Å²) in [5, 5.41) is 16.4. The molecule has 1 aliphatic rings. The number of amides is 1. The molecule has 1 aromatic heterocycles. The lowest BCUT2D eigenvalue weighted by atomic mass is 9.97. The van der Waals surface area contributed by atoms with E-state index in [0.29, 0.717) is 23.6 Å². The second-order valence-electron chi connectivity index (χ2n) is 6.41. The molecular weight excluding hydrogens is 346 g/mol. The van der Waals surface area contributed by atoms with Crippen molar-refractivity contribution in [3.05, 3.63) is 45.8 Å². The predicted molar refractivity (Wildman–Crippen MR) is 104 cm³/mol. The Morgan fingerprint density at radius 1 is 1.50 bits per heavy atom. The Morgan fingerprint density at radius 2 is 2.35 bits per heavy atom. The van der Waals surface area contributed by atoms with E-state index in [1.807, 2.05) is 38.1 Å². The van der Waals surface area contributed by atoms with E-state index in [9.17, 15) is 10.1 Å². The fourth-order valence-corrected chi connectivity index (χ4v) is 4.38. The molecule has 0 saturated heterocycles. The van der Waals surface area contributed by atoms with Gasteiger partial charge in [-0.15, -0.1) is 11.3 Å². The van der Waals surface area contributed by atoms with Crippen molar-refractivity contribution in [3.63, 3.8) is 0 Å². The summed E-state index contributed by atoms with van der Waals surface area (Å²) in [6.07, 6.45) is 1.20. The predicted octanol–water partition coefficient (Wildman–Crippen LogP) is 3.80. The number of fused-ring (bicyclic) bond motifs is 1. The number of rotatable bonds is 6. The summed E-state index contributed by atoms with van der Waals surface area (Å²) in [6, 6.07) is 10.1.